The zero-order valence-electron chi connectivity index (χ0n) is 13.6. The molecule has 0 unspecified atom stereocenters. The number of amides is 1. The molecule has 0 bridgehead atoms. The van der Waals surface area contributed by atoms with E-state index in [1.54, 1.807) is 6.20 Å². The smallest absolute Gasteiger partial charge is 0.240 e. The molecule has 0 atom stereocenters. The predicted molar refractivity (Wildman–Crippen MR) is 92.9 cm³/mol. The number of ether oxygens (including phenoxy) is 2. The maximum absolute atomic E-state index is 12.1. The monoisotopic (exact) mass is 361 g/mol. The van der Waals surface area contributed by atoms with E-state index in [1.807, 2.05) is 28.5 Å². The summed E-state index contributed by atoms with van der Waals surface area (Å²) < 4.78 is 10.7. The molecule has 7 nitrogen and oxygen atoms in total. The third-order valence-corrected chi connectivity index (χ3v) is 5.33. The summed E-state index contributed by atoms with van der Waals surface area (Å²) in [6.45, 7) is 1.82. The summed E-state index contributed by atoms with van der Waals surface area (Å²) in [6.07, 6.45) is 2.79. The average Bonchev–Trinajstić information content (AvgIpc) is 3.27. The van der Waals surface area contributed by atoms with Crippen molar-refractivity contribution in [2.24, 2.45) is 0 Å². The highest BCUT2D eigenvalue weighted by Crippen LogP contribution is 2.39. The predicted octanol–water partition coefficient (Wildman–Crippen LogP) is 1.79. The third kappa shape index (κ3) is 3.46. The van der Waals surface area contributed by atoms with Crippen LogP contribution in [-0.2, 0) is 10.4 Å². The molecule has 1 saturated heterocycles. The fraction of sp³-hybridized carbons (Fsp3) is 0.412. The molecule has 2 aliphatic rings. The molecule has 8 heteroatoms. The molecule has 2 N–H and O–H groups in total. The number of carbonyl (C=O) groups is 1. The number of hydrogen-bond donors (Lipinski definition) is 2. The molecule has 0 saturated carbocycles. The van der Waals surface area contributed by atoms with E-state index in [-0.39, 0.29) is 12.7 Å². The largest absolute Gasteiger partial charge is 0.454 e. The van der Waals surface area contributed by atoms with Gasteiger partial charge in [0.1, 0.15) is 0 Å². The Morgan fingerprint density at radius 3 is 2.88 bits per heavy atom. The molecule has 1 amide bonds. The minimum Gasteiger partial charge on any atom is -0.454 e. The highest BCUT2D eigenvalue weighted by atomic mass is 32.1. The van der Waals surface area contributed by atoms with Crippen LogP contribution in [0.15, 0.2) is 29.8 Å². The second kappa shape index (κ2) is 6.62. The van der Waals surface area contributed by atoms with Gasteiger partial charge in [-0.15, -0.1) is 11.3 Å². The number of nitrogens with one attached hydrogen (secondary N) is 1. The fourth-order valence-corrected chi connectivity index (χ4v) is 3.75. The Hall–Kier alpha value is -2.16. The zero-order valence-corrected chi connectivity index (χ0v) is 14.4. The first-order valence-corrected chi connectivity index (χ1v) is 9.05. The van der Waals surface area contributed by atoms with Gasteiger partial charge in [-0.3, -0.25) is 9.69 Å². The van der Waals surface area contributed by atoms with Gasteiger partial charge in [-0.1, -0.05) is 6.07 Å². The van der Waals surface area contributed by atoms with Gasteiger partial charge in [0.15, 0.2) is 16.6 Å². The Balaban J connectivity index is 1.35. The van der Waals surface area contributed by atoms with E-state index in [9.17, 15) is 9.90 Å². The summed E-state index contributed by atoms with van der Waals surface area (Å²) >= 11 is 1.40. The van der Waals surface area contributed by atoms with E-state index in [0.717, 1.165) is 5.56 Å². The molecule has 132 valence electrons. The first kappa shape index (κ1) is 16.3. The summed E-state index contributed by atoms with van der Waals surface area (Å²) in [5.74, 6) is 1.31. The van der Waals surface area contributed by atoms with Gasteiger partial charge in [0.05, 0.1) is 12.1 Å². The molecule has 1 aromatic carbocycles. The molecule has 2 aliphatic heterocycles. The van der Waals surface area contributed by atoms with E-state index in [1.165, 1.54) is 11.3 Å². The lowest BCUT2D eigenvalue weighted by Gasteiger charge is -2.38. The Kier molecular flexibility index (Phi) is 4.32. The van der Waals surface area contributed by atoms with Crippen molar-refractivity contribution in [2.75, 3.05) is 31.7 Å². The summed E-state index contributed by atoms with van der Waals surface area (Å²) in [4.78, 5) is 18.2. The standard InChI is InChI=1S/C17H19N3O4S/c21-15(19-16-18-5-8-25-16)10-20-6-3-17(22,4-7-20)12-1-2-13-14(9-12)24-11-23-13/h1-2,5,8-9,22H,3-4,6-7,10-11H2,(H,18,19,21). The van der Waals surface area contributed by atoms with E-state index in [4.69, 9.17) is 9.47 Å². The molecule has 1 fully saturated rings. The second-order valence-electron chi connectivity index (χ2n) is 6.26. The van der Waals surface area contributed by atoms with Crippen molar-refractivity contribution in [3.8, 4) is 11.5 Å². The van der Waals surface area contributed by atoms with Gasteiger partial charge in [0.2, 0.25) is 12.7 Å². The van der Waals surface area contributed by atoms with Crippen LogP contribution < -0.4 is 14.8 Å². The molecular formula is C17H19N3O4S. The Labute approximate surface area is 149 Å². The number of aliphatic hydroxyl groups is 1. The number of nitrogens with zero attached hydrogens (tertiary/aromatic N) is 2. The van der Waals surface area contributed by atoms with E-state index >= 15 is 0 Å². The number of carbonyl (C=O) groups excluding carboxylic acids is 1. The van der Waals surface area contributed by atoms with Gasteiger partial charge in [-0.2, -0.15) is 0 Å². The normalized spacial score (nSPS) is 18.9. The molecule has 1 aromatic heterocycles. The van der Waals surface area contributed by atoms with Crippen LogP contribution in [0.2, 0.25) is 0 Å². The lowest BCUT2D eigenvalue weighted by atomic mass is 9.84. The number of benzene rings is 1. The highest BCUT2D eigenvalue weighted by Gasteiger charge is 2.35. The molecular weight excluding hydrogens is 342 g/mol. The van der Waals surface area contributed by atoms with Gasteiger partial charge >= 0.3 is 0 Å². The SMILES string of the molecule is O=C(CN1CCC(O)(c2ccc3c(c2)OCO3)CC1)Nc1nccs1. The molecule has 0 spiro atoms. The topological polar surface area (TPSA) is 83.9 Å². The Morgan fingerprint density at radius 1 is 1.32 bits per heavy atom. The maximum atomic E-state index is 12.1. The molecule has 2 aromatic rings. The van der Waals surface area contributed by atoms with Gasteiger partial charge < -0.3 is 19.9 Å². The number of hydrogen-bond acceptors (Lipinski definition) is 7. The van der Waals surface area contributed by atoms with Crippen LogP contribution in [-0.4, -0.2) is 47.3 Å². The first-order valence-electron chi connectivity index (χ1n) is 8.17. The van der Waals surface area contributed by atoms with Crippen LogP contribution in [0.1, 0.15) is 18.4 Å². The van der Waals surface area contributed by atoms with Crippen LogP contribution in [0.25, 0.3) is 0 Å². The second-order valence-corrected chi connectivity index (χ2v) is 7.16. The number of fused-ring (bicyclic) bond motifs is 1. The van der Waals surface area contributed by atoms with Crippen LogP contribution in [0.4, 0.5) is 5.13 Å². The number of likely N-dealkylation sites (tertiary alicyclic amines) is 1. The lowest BCUT2D eigenvalue weighted by molar-refractivity contribution is -0.118. The number of anilines is 1. The van der Waals surface area contributed by atoms with Gasteiger partial charge in [0.25, 0.3) is 0 Å². The third-order valence-electron chi connectivity index (χ3n) is 4.64. The maximum Gasteiger partial charge on any atom is 0.240 e. The fourth-order valence-electron chi connectivity index (χ4n) is 3.20. The van der Waals surface area contributed by atoms with E-state index < -0.39 is 5.60 Å². The molecule has 4 rings (SSSR count). The summed E-state index contributed by atoms with van der Waals surface area (Å²) in [5.41, 5.74) is -0.0628. The number of aromatic nitrogens is 1. The first-order chi connectivity index (χ1) is 12.1. The molecule has 0 radical (unpaired) electrons. The van der Waals surface area contributed by atoms with Gasteiger partial charge in [-0.05, 0) is 30.5 Å². The Bertz CT molecular complexity index is 757. The molecule has 0 aliphatic carbocycles. The number of thiazole rings is 1. The van der Waals surface area contributed by atoms with Crippen LogP contribution in [0, 0.1) is 0 Å². The lowest BCUT2D eigenvalue weighted by Crippen LogP contribution is -2.45. The van der Waals surface area contributed by atoms with E-state index in [0.29, 0.717) is 49.1 Å². The van der Waals surface area contributed by atoms with Crippen molar-refractivity contribution in [3.05, 3.63) is 35.3 Å². The van der Waals surface area contributed by atoms with Crippen molar-refractivity contribution in [1.29, 1.82) is 0 Å². The highest BCUT2D eigenvalue weighted by molar-refractivity contribution is 7.13. The van der Waals surface area contributed by atoms with Crippen LogP contribution in [0.5, 0.6) is 11.5 Å². The minimum absolute atomic E-state index is 0.0801. The Morgan fingerprint density at radius 2 is 2.12 bits per heavy atom. The van der Waals surface area contributed by atoms with Crippen molar-refractivity contribution >= 4 is 22.4 Å². The summed E-state index contributed by atoms with van der Waals surface area (Å²) in [6, 6.07) is 5.58. The summed E-state index contributed by atoms with van der Waals surface area (Å²) in [5, 5.41) is 16.2. The van der Waals surface area contributed by atoms with Crippen LogP contribution in [0.3, 0.4) is 0 Å². The quantitative estimate of drug-likeness (QED) is 0.864. The van der Waals surface area contributed by atoms with Crippen molar-refractivity contribution in [3.63, 3.8) is 0 Å². The van der Waals surface area contributed by atoms with Crippen molar-refractivity contribution in [1.82, 2.24) is 9.88 Å². The van der Waals surface area contributed by atoms with Gasteiger partial charge in [0, 0.05) is 24.7 Å². The van der Waals surface area contributed by atoms with Gasteiger partial charge in [-0.25, -0.2) is 4.98 Å². The van der Waals surface area contributed by atoms with E-state index in [2.05, 4.69) is 10.3 Å². The zero-order chi connectivity index (χ0) is 17.3. The summed E-state index contributed by atoms with van der Waals surface area (Å²) in [7, 11) is 0. The molecule has 25 heavy (non-hydrogen) atoms. The van der Waals surface area contributed by atoms with Crippen LogP contribution >= 0.6 is 11.3 Å². The average molecular weight is 361 g/mol. The number of rotatable bonds is 4. The minimum atomic E-state index is -0.900. The molecule has 3 heterocycles. The van der Waals surface area contributed by atoms with Crippen molar-refractivity contribution < 1.29 is 19.4 Å². The van der Waals surface area contributed by atoms with Crippen molar-refractivity contribution in [2.45, 2.75) is 18.4 Å². The number of piperidine rings is 1.